The van der Waals surface area contributed by atoms with Gasteiger partial charge >= 0.3 is 5.97 Å². The van der Waals surface area contributed by atoms with E-state index in [-0.39, 0.29) is 12.3 Å². The molecule has 4 aliphatic carbocycles. The lowest BCUT2D eigenvalue weighted by Gasteiger charge is -2.64. The summed E-state index contributed by atoms with van der Waals surface area (Å²) >= 11 is 0. The quantitative estimate of drug-likeness (QED) is 0.0344. The van der Waals surface area contributed by atoms with Gasteiger partial charge in [0.2, 0.25) is 6.29 Å². The second kappa shape index (κ2) is 27.2. The van der Waals surface area contributed by atoms with Gasteiger partial charge in [0, 0.05) is 0 Å². The molecular formula is C56H90O33. The summed E-state index contributed by atoms with van der Waals surface area (Å²) in [6, 6.07) is 0. The number of carbonyl (C=O) groups excluding carboxylic acids is 1. The molecule has 512 valence electrons. The molecule has 1 spiro atoms. The first-order valence-corrected chi connectivity index (χ1v) is 30.4. The number of esters is 1. The zero-order valence-electron chi connectivity index (χ0n) is 49.0. The van der Waals surface area contributed by atoms with Crippen molar-refractivity contribution < 1.29 is 164 Å². The second-order valence-corrected chi connectivity index (χ2v) is 26.4. The summed E-state index contributed by atoms with van der Waals surface area (Å²) in [5.74, 6) is -1.34. The molecule has 0 aromatic carbocycles. The minimum atomic E-state index is -2.11. The largest absolute Gasteiger partial charge is 0.432 e. The fourth-order valence-electron chi connectivity index (χ4n) is 16.4. The molecule has 0 aromatic rings. The van der Waals surface area contributed by atoms with Crippen LogP contribution in [0.2, 0.25) is 0 Å². The number of hydrogen-bond acceptors (Lipinski definition) is 33. The highest BCUT2D eigenvalue weighted by atomic mass is 16.8. The Balaban J connectivity index is 0.884. The third kappa shape index (κ3) is 12.3. The molecule has 0 aromatic heterocycles. The molecule has 0 radical (unpaired) electrons. The van der Waals surface area contributed by atoms with E-state index in [0.29, 0.717) is 56.9 Å². The van der Waals surface area contributed by atoms with Crippen LogP contribution in [0.15, 0.2) is 12.2 Å². The Labute approximate surface area is 509 Å². The molecule has 20 N–H and O–H groups in total. The first-order chi connectivity index (χ1) is 42.1. The van der Waals surface area contributed by atoms with Crippen LogP contribution in [0.5, 0.6) is 0 Å². The van der Waals surface area contributed by atoms with Crippen molar-refractivity contribution in [2.45, 2.75) is 261 Å². The average molecular weight is 1290 g/mol. The summed E-state index contributed by atoms with van der Waals surface area (Å²) in [7, 11) is 0. The molecule has 6 saturated heterocycles. The molecule has 6 heterocycles. The molecule has 0 amide bonds. The number of hydrogen-bond donors (Lipinski definition) is 20. The monoisotopic (exact) mass is 1290 g/mol. The van der Waals surface area contributed by atoms with Crippen molar-refractivity contribution in [1.82, 2.24) is 0 Å². The Morgan fingerprint density at radius 2 is 0.820 bits per heavy atom. The molecule has 6 aliphatic heterocycles. The van der Waals surface area contributed by atoms with E-state index in [1.165, 1.54) is 0 Å². The Hall–Kier alpha value is -2.03. The number of fused-ring (bicyclic) bond motifs is 3. The highest BCUT2D eigenvalue weighted by molar-refractivity contribution is 5.77. The summed E-state index contributed by atoms with van der Waals surface area (Å²) in [6.45, 7) is 3.13. The third-order valence-corrected chi connectivity index (χ3v) is 21.3. The Morgan fingerprint density at radius 3 is 1.31 bits per heavy atom. The van der Waals surface area contributed by atoms with Gasteiger partial charge in [0.1, 0.15) is 140 Å². The van der Waals surface area contributed by atoms with Gasteiger partial charge in [-0.3, -0.25) is 4.79 Å². The molecule has 33 nitrogen and oxygen atoms in total. The van der Waals surface area contributed by atoms with Crippen LogP contribution in [0.25, 0.3) is 0 Å². The van der Waals surface area contributed by atoms with E-state index < -0.39 is 258 Å². The smallest absolute Gasteiger partial charge is 0.314 e. The summed E-state index contributed by atoms with van der Waals surface area (Å²) in [5.41, 5.74) is -3.11. The van der Waals surface area contributed by atoms with E-state index in [9.17, 15) is 102 Å². The van der Waals surface area contributed by atoms with E-state index in [4.69, 9.17) is 56.8 Å². The van der Waals surface area contributed by atoms with Crippen LogP contribution in [0.1, 0.15) is 71.6 Å². The first-order valence-electron chi connectivity index (χ1n) is 30.4. The fraction of sp³-hybridized carbons (Fsp3) is 0.946. The van der Waals surface area contributed by atoms with Crippen molar-refractivity contribution in [3.63, 3.8) is 0 Å². The highest BCUT2D eigenvalue weighted by Crippen LogP contribution is 2.74. The van der Waals surface area contributed by atoms with Crippen molar-refractivity contribution >= 4 is 5.97 Å². The van der Waals surface area contributed by atoms with Gasteiger partial charge in [-0.1, -0.05) is 19.9 Å². The second-order valence-electron chi connectivity index (χ2n) is 26.4. The van der Waals surface area contributed by atoms with Crippen LogP contribution in [0, 0.1) is 28.1 Å². The standard InChI is InChI=1S/C56H90O33/c1-19-11-55-9-5-26-53(2,7-4-8-54(26,3)52(77)88-50-44(37(72)31(66)23(15-60)82-50)86-49-41(76)42(32(67)24(16-61)81-49)84-46-38(73)34(69)28(63)20(12-57)78-46)27(55)6-10-56(19,18-55)89-51-45(87-48-40(75)36(71)30(65)22(14-59)80-48)43(33(68)25(17-62)83-51)85-47-39(74)35(70)29(64)21(13-58)79-47/h20-51,57-76H,1,4-18H2,2-3H3/t20?,21?,22?,23?,24?,25?,26-,27-,28?,29?,30?,31?,32?,33?,34?,35?,36?,37?,38?,39?,40?,41?,42?,43?,44?,45?,46?,47?,48?,49?,50?,51?,53+,54+,55+,56?/m0/s1. The Morgan fingerprint density at radius 1 is 0.427 bits per heavy atom. The van der Waals surface area contributed by atoms with Crippen molar-refractivity contribution in [3.05, 3.63) is 12.2 Å². The number of carbonyl (C=O) groups is 1. The molecular weight excluding hydrogens is 1200 g/mol. The summed E-state index contributed by atoms with van der Waals surface area (Å²) in [5, 5.41) is 215. The van der Waals surface area contributed by atoms with E-state index in [1.807, 2.05) is 0 Å². The van der Waals surface area contributed by atoms with E-state index >= 15 is 4.79 Å². The lowest BCUT2D eigenvalue weighted by Crippen LogP contribution is -2.68. The van der Waals surface area contributed by atoms with E-state index in [0.717, 1.165) is 0 Å². The van der Waals surface area contributed by atoms with Crippen LogP contribution in [-0.4, -0.2) is 338 Å². The van der Waals surface area contributed by atoms with Crippen LogP contribution in [0.3, 0.4) is 0 Å². The van der Waals surface area contributed by atoms with Gasteiger partial charge in [-0.05, 0) is 86.5 Å². The first kappa shape index (κ1) is 69.8. The highest BCUT2D eigenvalue weighted by Gasteiger charge is 2.70. The zero-order valence-corrected chi connectivity index (χ0v) is 49.0. The predicted molar refractivity (Wildman–Crippen MR) is 284 cm³/mol. The normalized spacial score (nSPS) is 54.5. The number of ether oxygens (including phenoxy) is 12. The van der Waals surface area contributed by atoms with Gasteiger partial charge in [0.25, 0.3) is 0 Å². The summed E-state index contributed by atoms with van der Waals surface area (Å²) in [4.78, 5) is 15.2. The predicted octanol–water partition coefficient (Wildman–Crippen LogP) is -9.47. The van der Waals surface area contributed by atoms with Crippen LogP contribution >= 0.6 is 0 Å². The maximum atomic E-state index is 15.2. The minimum absolute atomic E-state index is 0.129. The van der Waals surface area contributed by atoms with Crippen LogP contribution in [0.4, 0.5) is 0 Å². The molecule has 4 saturated carbocycles. The lowest BCUT2D eigenvalue weighted by atomic mass is 9.41. The van der Waals surface area contributed by atoms with Gasteiger partial charge in [-0.2, -0.15) is 0 Å². The summed E-state index contributed by atoms with van der Waals surface area (Å²) in [6.07, 6.45) is -51.2. The molecule has 10 fully saturated rings. The molecule has 10 rings (SSSR count). The average Bonchev–Trinajstić information content (AvgIpc) is 1.63. The SMILES string of the molecule is C=C1C[C@@]23CC[C@H]4[C@@](C)(CCC[C@@]4(C)C(=O)OC4OC(CO)C(O)C(O)C4OC4OC(CO)C(O)C(OC5OC(CO)C(O)C(O)C5O)C4O)[C@@H]2CCC1(OC1OC(CO)C(O)C(OC2OC(CO)C(O)C(O)C2O)C1OC1OC(CO)C(O)C(O)C1O)C3. The molecule has 10 aliphatic rings. The van der Waals surface area contributed by atoms with Gasteiger partial charge in [-0.15, -0.1) is 0 Å². The summed E-state index contributed by atoms with van der Waals surface area (Å²) < 4.78 is 72.1. The number of aliphatic hydroxyl groups is 20. The van der Waals surface area contributed by atoms with Crippen LogP contribution in [-0.2, 0) is 61.6 Å². The van der Waals surface area contributed by atoms with Crippen molar-refractivity contribution in [2.75, 3.05) is 39.6 Å². The maximum absolute atomic E-state index is 15.2. The van der Waals surface area contributed by atoms with Gasteiger partial charge in [0.05, 0.1) is 50.7 Å². The van der Waals surface area contributed by atoms with Crippen LogP contribution < -0.4 is 0 Å². The molecule has 33 heteroatoms. The molecule has 2 bridgehead atoms. The number of rotatable bonds is 18. The van der Waals surface area contributed by atoms with Crippen molar-refractivity contribution in [3.8, 4) is 0 Å². The maximum Gasteiger partial charge on any atom is 0.314 e. The van der Waals surface area contributed by atoms with Crippen molar-refractivity contribution in [2.24, 2.45) is 28.1 Å². The minimum Gasteiger partial charge on any atom is -0.432 e. The molecule has 31 unspecified atom stereocenters. The molecule has 89 heavy (non-hydrogen) atoms. The van der Waals surface area contributed by atoms with E-state index in [2.05, 4.69) is 13.5 Å². The lowest BCUT2D eigenvalue weighted by molar-refractivity contribution is -0.400. The third-order valence-electron chi connectivity index (χ3n) is 21.3. The topological polar surface area (TPSA) is 532 Å². The molecule has 36 atom stereocenters. The Kier molecular flexibility index (Phi) is 21.4. The fourth-order valence-corrected chi connectivity index (χ4v) is 16.4. The van der Waals surface area contributed by atoms with Gasteiger partial charge < -0.3 is 159 Å². The van der Waals surface area contributed by atoms with Gasteiger partial charge in [0.15, 0.2) is 37.6 Å². The number of aliphatic hydroxyl groups excluding tert-OH is 20. The zero-order chi connectivity index (χ0) is 64.7. The van der Waals surface area contributed by atoms with E-state index in [1.54, 1.807) is 6.92 Å². The van der Waals surface area contributed by atoms with Gasteiger partial charge in [-0.25, -0.2) is 0 Å². The Bertz CT molecular complexity index is 2400. The van der Waals surface area contributed by atoms with Crippen molar-refractivity contribution in [1.29, 1.82) is 0 Å².